The van der Waals surface area contributed by atoms with Crippen LogP contribution in [0.3, 0.4) is 0 Å². The molecular weight excluding hydrogens is 228 g/mol. The highest BCUT2D eigenvalue weighted by molar-refractivity contribution is 5.20. The molecule has 0 bridgehead atoms. The third kappa shape index (κ3) is 5.80. The first-order valence-electron chi connectivity index (χ1n) is 8.38. The van der Waals surface area contributed by atoms with Gasteiger partial charge in [-0.1, -0.05) is 89.6 Å². The van der Waals surface area contributed by atoms with Crippen LogP contribution in [0.15, 0.2) is 30.3 Å². The van der Waals surface area contributed by atoms with E-state index in [4.69, 9.17) is 0 Å². The van der Waals surface area contributed by atoms with Crippen molar-refractivity contribution >= 4 is 0 Å². The van der Waals surface area contributed by atoms with Crippen molar-refractivity contribution < 1.29 is 0 Å². The smallest absolute Gasteiger partial charge is 0.0134 e. The fourth-order valence-electron chi connectivity index (χ4n) is 3.15. The van der Waals surface area contributed by atoms with Crippen molar-refractivity contribution in [3.63, 3.8) is 0 Å². The van der Waals surface area contributed by atoms with Crippen molar-refractivity contribution in [3.05, 3.63) is 35.9 Å². The molecule has 0 saturated heterocycles. The van der Waals surface area contributed by atoms with E-state index in [2.05, 4.69) is 51.1 Å². The highest BCUT2D eigenvalue weighted by atomic mass is 14.3. The molecule has 19 heavy (non-hydrogen) atoms. The van der Waals surface area contributed by atoms with Gasteiger partial charge in [0.2, 0.25) is 0 Å². The van der Waals surface area contributed by atoms with E-state index in [0.29, 0.717) is 0 Å². The van der Waals surface area contributed by atoms with Crippen LogP contribution in [0.5, 0.6) is 0 Å². The largest absolute Gasteiger partial charge is 0.0654 e. The van der Waals surface area contributed by atoms with E-state index < -0.39 is 0 Å². The Balaban J connectivity index is 2.72. The summed E-state index contributed by atoms with van der Waals surface area (Å²) in [5.41, 5.74) is 1.57. The summed E-state index contributed by atoms with van der Waals surface area (Å²) < 4.78 is 0. The van der Waals surface area contributed by atoms with Gasteiger partial charge in [-0.05, 0) is 30.2 Å². The second kappa shape index (κ2) is 10.1. The molecule has 0 saturated carbocycles. The summed E-state index contributed by atoms with van der Waals surface area (Å²) in [4.78, 5) is 0. The first-order valence-corrected chi connectivity index (χ1v) is 8.38. The number of hydrogen-bond acceptors (Lipinski definition) is 0. The van der Waals surface area contributed by atoms with Crippen LogP contribution >= 0.6 is 0 Å². The van der Waals surface area contributed by atoms with Gasteiger partial charge in [0.25, 0.3) is 0 Å². The standard InChI is InChI=1S/C19H32/c1-4-7-10-16-19(17(6-3)13-8-5-2)18-14-11-9-12-15-18/h9,11-12,14-15,17,19H,4-8,10,13,16H2,1-3H3. The second-order valence-electron chi connectivity index (χ2n) is 5.82. The molecule has 0 fully saturated rings. The molecule has 0 spiro atoms. The SMILES string of the molecule is CCCCCC(c1ccccc1)C(CC)CCCC. The number of rotatable bonds is 10. The highest BCUT2D eigenvalue weighted by Crippen LogP contribution is 2.35. The second-order valence-corrected chi connectivity index (χ2v) is 5.82. The van der Waals surface area contributed by atoms with E-state index in [1.807, 2.05) is 0 Å². The lowest BCUT2D eigenvalue weighted by Crippen LogP contribution is -2.13. The van der Waals surface area contributed by atoms with Gasteiger partial charge in [0.05, 0.1) is 0 Å². The molecule has 0 amide bonds. The van der Waals surface area contributed by atoms with Crippen molar-refractivity contribution in [1.29, 1.82) is 0 Å². The fraction of sp³-hybridized carbons (Fsp3) is 0.684. The van der Waals surface area contributed by atoms with E-state index in [1.165, 1.54) is 51.4 Å². The molecule has 1 rings (SSSR count). The molecule has 0 aromatic heterocycles. The van der Waals surface area contributed by atoms with Crippen molar-refractivity contribution in [3.8, 4) is 0 Å². The molecule has 1 aromatic rings. The molecule has 0 aliphatic carbocycles. The molecule has 2 unspecified atom stereocenters. The van der Waals surface area contributed by atoms with Crippen LogP contribution in [0.25, 0.3) is 0 Å². The van der Waals surface area contributed by atoms with Crippen LogP contribution in [0.2, 0.25) is 0 Å². The van der Waals surface area contributed by atoms with E-state index in [1.54, 1.807) is 5.56 Å². The molecule has 0 N–H and O–H groups in total. The third-order valence-electron chi connectivity index (χ3n) is 4.37. The van der Waals surface area contributed by atoms with Gasteiger partial charge >= 0.3 is 0 Å². The van der Waals surface area contributed by atoms with Crippen LogP contribution in [0, 0.1) is 5.92 Å². The maximum Gasteiger partial charge on any atom is -0.0134 e. The highest BCUT2D eigenvalue weighted by Gasteiger charge is 2.20. The molecule has 0 nitrogen and oxygen atoms in total. The summed E-state index contributed by atoms with van der Waals surface area (Å²) in [6, 6.07) is 11.2. The number of unbranched alkanes of at least 4 members (excludes halogenated alkanes) is 3. The van der Waals surface area contributed by atoms with E-state index >= 15 is 0 Å². The van der Waals surface area contributed by atoms with Crippen LogP contribution in [-0.2, 0) is 0 Å². The van der Waals surface area contributed by atoms with Crippen molar-refractivity contribution in [2.75, 3.05) is 0 Å². The summed E-state index contributed by atoms with van der Waals surface area (Å²) in [5.74, 6) is 1.66. The maximum atomic E-state index is 2.37. The minimum atomic E-state index is 0.782. The Morgan fingerprint density at radius 3 is 2.05 bits per heavy atom. The lowest BCUT2D eigenvalue weighted by atomic mass is 9.78. The lowest BCUT2D eigenvalue weighted by molar-refractivity contribution is 0.348. The molecular formula is C19H32. The molecule has 1 aromatic carbocycles. The van der Waals surface area contributed by atoms with Crippen molar-refractivity contribution in [1.82, 2.24) is 0 Å². The predicted molar refractivity (Wildman–Crippen MR) is 86.6 cm³/mol. The summed E-state index contributed by atoms with van der Waals surface area (Å²) in [5, 5.41) is 0. The maximum absolute atomic E-state index is 2.37. The first kappa shape index (κ1) is 16.3. The summed E-state index contributed by atoms with van der Waals surface area (Å²) in [7, 11) is 0. The quantitative estimate of drug-likeness (QED) is 0.417. The van der Waals surface area contributed by atoms with Gasteiger partial charge in [0.15, 0.2) is 0 Å². The summed E-state index contributed by atoms with van der Waals surface area (Å²) in [6.07, 6.45) is 10.9. The Kier molecular flexibility index (Phi) is 8.62. The van der Waals surface area contributed by atoms with Gasteiger partial charge in [-0.15, -0.1) is 0 Å². The monoisotopic (exact) mass is 260 g/mol. The van der Waals surface area contributed by atoms with Gasteiger partial charge in [-0.25, -0.2) is 0 Å². The predicted octanol–water partition coefficient (Wildman–Crippen LogP) is 6.57. The zero-order valence-corrected chi connectivity index (χ0v) is 13.2. The Labute approximate surface area is 120 Å². The molecule has 108 valence electrons. The van der Waals surface area contributed by atoms with Gasteiger partial charge in [0.1, 0.15) is 0 Å². The van der Waals surface area contributed by atoms with Crippen molar-refractivity contribution in [2.45, 2.75) is 78.1 Å². The molecule has 2 atom stereocenters. The van der Waals surface area contributed by atoms with Crippen molar-refractivity contribution in [2.24, 2.45) is 5.92 Å². The molecule has 0 aliphatic rings. The average molecular weight is 260 g/mol. The first-order chi connectivity index (χ1) is 9.33. The molecule has 0 heteroatoms. The van der Waals surface area contributed by atoms with E-state index in [9.17, 15) is 0 Å². The van der Waals surface area contributed by atoms with E-state index in [0.717, 1.165) is 11.8 Å². The molecule has 0 heterocycles. The summed E-state index contributed by atoms with van der Waals surface area (Å²) in [6.45, 7) is 6.98. The van der Waals surface area contributed by atoms with Crippen LogP contribution in [0.4, 0.5) is 0 Å². The topological polar surface area (TPSA) is 0 Å². The number of benzene rings is 1. The fourth-order valence-corrected chi connectivity index (χ4v) is 3.15. The van der Waals surface area contributed by atoms with E-state index in [-0.39, 0.29) is 0 Å². The molecule has 0 radical (unpaired) electrons. The van der Waals surface area contributed by atoms with Gasteiger partial charge < -0.3 is 0 Å². The molecule has 0 aliphatic heterocycles. The lowest BCUT2D eigenvalue weighted by Gasteiger charge is -2.27. The number of hydrogen-bond donors (Lipinski definition) is 0. The van der Waals surface area contributed by atoms with Gasteiger partial charge in [0, 0.05) is 0 Å². The average Bonchev–Trinajstić information content (AvgIpc) is 2.47. The van der Waals surface area contributed by atoms with Gasteiger partial charge in [-0.3, -0.25) is 0 Å². The van der Waals surface area contributed by atoms with Crippen LogP contribution in [0.1, 0.15) is 83.6 Å². The zero-order valence-electron chi connectivity index (χ0n) is 13.2. The Bertz CT molecular complexity index is 301. The van der Waals surface area contributed by atoms with Gasteiger partial charge in [-0.2, -0.15) is 0 Å². The van der Waals surface area contributed by atoms with Crippen LogP contribution < -0.4 is 0 Å². The Hall–Kier alpha value is -0.780. The van der Waals surface area contributed by atoms with Crippen LogP contribution in [-0.4, -0.2) is 0 Å². The third-order valence-corrected chi connectivity index (χ3v) is 4.37. The Morgan fingerprint density at radius 1 is 0.789 bits per heavy atom. The normalized spacial score (nSPS) is 14.3. The zero-order chi connectivity index (χ0) is 13.9. The Morgan fingerprint density at radius 2 is 1.47 bits per heavy atom. The summed E-state index contributed by atoms with van der Waals surface area (Å²) >= 11 is 0. The minimum absolute atomic E-state index is 0.782. The minimum Gasteiger partial charge on any atom is -0.0654 e.